The maximum atomic E-state index is 13.6. The maximum Gasteiger partial charge on any atom is 0.273 e. The Morgan fingerprint density at radius 1 is 0.944 bits per heavy atom. The van der Waals surface area contributed by atoms with Crippen molar-refractivity contribution in [2.75, 3.05) is 6.54 Å². The number of amides is 3. The number of benzene rings is 2. The van der Waals surface area contributed by atoms with Gasteiger partial charge in [-0.15, -0.1) is 0 Å². The number of nitro groups is 1. The zero-order valence-corrected chi connectivity index (χ0v) is 22.4. The van der Waals surface area contributed by atoms with Crippen molar-refractivity contribution in [2.24, 2.45) is 23.7 Å². The van der Waals surface area contributed by atoms with Crippen LogP contribution in [0.1, 0.15) is 27.1 Å². The zero-order valence-electron chi connectivity index (χ0n) is 18.4. The molecule has 36 heavy (non-hydrogen) atoms. The van der Waals surface area contributed by atoms with Crippen molar-refractivity contribution in [1.82, 2.24) is 10.0 Å². The van der Waals surface area contributed by atoms with Gasteiger partial charge in [0, 0.05) is 37.9 Å². The molecule has 1 saturated heterocycles. The molecule has 1 aliphatic heterocycles. The van der Waals surface area contributed by atoms with Crippen LogP contribution in [-0.2, 0) is 9.59 Å². The molecule has 3 aliphatic rings. The van der Waals surface area contributed by atoms with Crippen LogP contribution in [0.5, 0.6) is 0 Å². The van der Waals surface area contributed by atoms with Crippen molar-refractivity contribution in [1.29, 1.82) is 0 Å². The van der Waals surface area contributed by atoms with Crippen molar-refractivity contribution >= 4 is 72.7 Å². The Morgan fingerprint density at radius 2 is 1.44 bits per heavy atom. The molecule has 1 heterocycles. The van der Waals surface area contributed by atoms with Gasteiger partial charge in [-0.05, 0) is 54.7 Å². The van der Waals surface area contributed by atoms with Crippen molar-refractivity contribution < 1.29 is 24.1 Å². The number of halogens is 3. The lowest BCUT2D eigenvalue weighted by molar-refractivity contribution is -0.384. The standard InChI is InChI=1S/C24H18Br2ClN3O6/c25-20-15-9-16(21(20)26)19-18(15)23(33)29(24(19)34)28(22(32)12-1-5-13(27)6-2-12)10-17(31)11-3-7-14(8-4-11)30(35)36/h1-8,15-16,18-21H,9-10H2/t15-,16-,18-,19+,20-,21+/m1/s1. The Labute approximate surface area is 227 Å². The summed E-state index contributed by atoms with van der Waals surface area (Å²) < 4.78 is 0. The first-order valence-corrected chi connectivity index (χ1v) is 13.3. The summed E-state index contributed by atoms with van der Waals surface area (Å²) in [7, 11) is 0. The first-order chi connectivity index (χ1) is 17.1. The van der Waals surface area contributed by atoms with Crippen LogP contribution in [0, 0.1) is 33.8 Å². The third-order valence-electron chi connectivity index (χ3n) is 7.22. The van der Waals surface area contributed by atoms with Gasteiger partial charge in [0.15, 0.2) is 5.78 Å². The van der Waals surface area contributed by atoms with Gasteiger partial charge < -0.3 is 0 Å². The fourth-order valence-corrected chi connectivity index (χ4v) is 7.54. The number of alkyl halides is 2. The second-order valence-electron chi connectivity index (χ2n) is 9.09. The Kier molecular flexibility index (Phi) is 6.50. The molecule has 2 aliphatic carbocycles. The van der Waals surface area contributed by atoms with Gasteiger partial charge in [0.2, 0.25) is 0 Å². The molecule has 9 nitrogen and oxygen atoms in total. The van der Waals surface area contributed by atoms with Crippen molar-refractivity contribution in [3.63, 3.8) is 0 Å². The minimum absolute atomic E-state index is 0.0163. The predicted octanol–water partition coefficient (Wildman–Crippen LogP) is 4.27. The zero-order chi connectivity index (χ0) is 25.9. The Morgan fingerprint density at radius 3 is 1.94 bits per heavy atom. The van der Waals surface area contributed by atoms with Gasteiger partial charge >= 0.3 is 0 Å². The number of ketones is 1. The lowest BCUT2D eigenvalue weighted by Gasteiger charge is -2.30. The van der Waals surface area contributed by atoms with Gasteiger partial charge in [0.25, 0.3) is 23.4 Å². The molecule has 2 saturated carbocycles. The quantitative estimate of drug-likeness (QED) is 0.153. The second kappa shape index (κ2) is 9.35. The molecular formula is C24H18Br2ClN3O6. The molecule has 12 heteroatoms. The first-order valence-electron chi connectivity index (χ1n) is 11.1. The van der Waals surface area contributed by atoms with E-state index in [0.717, 1.165) is 16.4 Å². The summed E-state index contributed by atoms with van der Waals surface area (Å²) >= 11 is 13.2. The monoisotopic (exact) mass is 637 g/mol. The molecule has 0 radical (unpaired) electrons. The van der Waals surface area contributed by atoms with E-state index in [-0.39, 0.29) is 38.3 Å². The summed E-state index contributed by atoms with van der Waals surface area (Å²) in [5.74, 6) is -3.56. The molecule has 2 aromatic carbocycles. The Bertz CT molecular complexity index is 1260. The first kappa shape index (κ1) is 25.0. The number of non-ortho nitro benzene ring substituents is 1. The van der Waals surface area contributed by atoms with E-state index in [2.05, 4.69) is 31.9 Å². The second-order valence-corrected chi connectivity index (χ2v) is 11.6. The molecule has 0 N–H and O–H groups in total. The Hall–Kier alpha value is -2.63. The number of hydrazine groups is 1. The minimum atomic E-state index is -0.707. The summed E-state index contributed by atoms with van der Waals surface area (Å²) in [6.07, 6.45) is 0.722. The van der Waals surface area contributed by atoms with Gasteiger partial charge in [0.05, 0.1) is 16.8 Å². The van der Waals surface area contributed by atoms with E-state index in [0.29, 0.717) is 5.02 Å². The number of hydrogen-bond donors (Lipinski definition) is 0. The average Bonchev–Trinajstić information content (AvgIpc) is 3.47. The van der Waals surface area contributed by atoms with E-state index in [1.54, 1.807) is 0 Å². The van der Waals surface area contributed by atoms with Gasteiger partial charge in [-0.3, -0.25) is 29.3 Å². The van der Waals surface area contributed by atoms with E-state index in [1.165, 1.54) is 48.5 Å². The fraction of sp³-hybridized carbons (Fsp3) is 0.333. The molecule has 0 aromatic heterocycles. The number of fused-ring (bicyclic) bond motifs is 5. The van der Waals surface area contributed by atoms with Gasteiger partial charge in [-0.2, -0.15) is 5.01 Å². The van der Waals surface area contributed by atoms with Gasteiger partial charge in [-0.1, -0.05) is 43.5 Å². The molecule has 3 fully saturated rings. The average molecular weight is 640 g/mol. The Balaban J connectivity index is 1.49. The largest absolute Gasteiger partial charge is 0.292 e. The summed E-state index contributed by atoms with van der Waals surface area (Å²) in [6.45, 7) is -0.596. The molecule has 0 unspecified atom stereocenters. The summed E-state index contributed by atoms with van der Waals surface area (Å²) in [5, 5.41) is 13.1. The SMILES string of the molecule is O=C(CN(C(=O)c1ccc(Cl)cc1)N1C(=O)[C@@H]2[C@H]3C[C@@H]([C@H](Br)[C@@H]3Br)[C@@H]2C1=O)c1ccc([N+](=O)[O-])cc1. The van der Waals surface area contributed by atoms with Gasteiger partial charge in [-0.25, -0.2) is 5.01 Å². The lowest BCUT2D eigenvalue weighted by Crippen LogP contribution is -2.52. The topological polar surface area (TPSA) is 118 Å². The molecule has 2 aromatic rings. The van der Waals surface area contributed by atoms with Crippen LogP contribution in [0.3, 0.4) is 0 Å². The number of carbonyl (C=O) groups is 4. The highest BCUT2D eigenvalue weighted by molar-refractivity contribution is 9.12. The van der Waals surface area contributed by atoms with Crippen LogP contribution >= 0.6 is 43.5 Å². The fourth-order valence-electron chi connectivity index (χ4n) is 5.54. The molecule has 6 atom stereocenters. The smallest absolute Gasteiger partial charge is 0.273 e. The molecule has 186 valence electrons. The van der Waals surface area contributed by atoms with E-state index < -0.39 is 46.8 Å². The summed E-state index contributed by atoms with van der Waals surface area (Å²) in [6, 6.07) is 10.8. The molecular weight excluding hydrogens is 622 g/mol. The minimum Gasteiger partial charge on any atom is -0.292 e. The number of hydrogen-bond acceptors (Lipinski definition) is 6. The summed E-state index contributed by atoms with van der Waals surface area (Å²) in [4.78, 5) is 64.2. The maximum absolute atomic E-state index is 13.6. The number of Topliss-reactive ketones (excluding diaryl/α,β-unsaturated/α-hetero) is 1. The third kappa shape index (κ3) is 3.97. The van der Waals surface area contributed by atoms with Crippen LogP contribution in [0.2, 0.25) is 5.02 Å². The number of imide groups is 1. The van der Waals surface area contributed by atoms with E-state index in [1.807, 2.05) is 0 Å². The highest BCUT2D eigenvalue weighted by Crippen LogP contribution is 2.60. The number of carbonyl (C=O) groups excluding carboxylic acids is 4. The van der Waals surface area contributed by atoms with Crippen molar-refractivity contribution in [3.05, 3.63) is 74.8 Å². The molecule has 0 spiro atoms. The van der Waals surface area contributed by atoms with Crippen LogP contribution < -0.4 is 0 Å². The lowest BCUT2D eigenvalue weighted by atomic mass is 9.81. The van der Waals surface area contributed by atoms with Crippen LogP contribution in [-0.4, -0.2) is 54.6 Å². The van der Waals surface area contributed by atoms with Crippen LogP contribution in [0.4, 0.5) is 5.69 Å². The normalized spacial score (nSPS) is 28.4. The highest BCUT2D eigenvalue weighted by Gasteiger charge is 2.67. The van der Waals surface area contributed by atoms with E-state index >= 15 is 0 Å². The van der Waals surface area contributed by atoms with E-state index in [9.17, 15) is 29.3 Å². The molecule has 5 rings (SSSR count). The van der Waals surface area contributed by atoms with Gasteiger partial charge in [0.1, 0.15) is 6.54 Å². The number of nitrogens with zero attached hydrogens (tertiary/aromatic N) is 3. The van der Waals surface area contributed by atoms with Crippen LogP contribution in [0.25, 0.3) is 0 Å². The highest BCUT2D eigenvalue weighted by atomic mass is 79.9. The van der Waals surface area contributed by atoms with Crippen molar-refractivity contribution in [2.45, 2.75) is 16.1 Å². The van der Waals surface area contributed by atoms with Crippen molar-refractivity contribution in [3.8, 4) is 0 Å². The number of rotatable bonds is 6. The molecule has 3 amide bonds. The number of nitro benzene ring substituents is 1. The third-order valence-corrected chi connectivity index (χ3v) is 10.7. The predicted molar refractivity (Wildman–Crippen MR) is 136 cm³/mol. The molecule has 2 bridgehead atoms. The summed E-state index contributed by atoms with van der Waals surface area (Å²) in [5.41, 5.74) is 0.0608. The van der Waals surface area contributed by atoms with Crippen LogP contribution in [0.15, 0.2) is 48.5 Å². The van der Waals surface area contributed by atoms with E-state index in [4.69, 9.17) is 11.6 Å².